The summed E-state index contributed by atoms with van der Waals surface area (Å²) < 4.78 is 0. The standard InChI is InChI=1S/C6H7N.C2H4O2.H2O/c7-6-4-2-1-3-5-6;1-2(3)4;/h1-5H,7H2;1H3,(H,3,4);1H2. The molecule has 1 aromatic carbocycles. The fraction of sp³-hybridized carbons (Fsp3) is 0.125. The summed E-state index contributed by atoms with van der Waals surface area (Å²) >= 11 is 0. The molecule has 0 unspecified atom stereocenters. The van der Waals surface area contributed by atoms with E-state index >= 15 is 0 Å². The van der Waals surface area contributed by atoms with Gasteiger partial charge < -0.3 is 16.3 Å². The van der Waals surface area contributed by atoms with Gasteiger partial charge in [-0.15, -0.1) is 0 Å². The average molecular weight is 171 g/mol. The molecule has 4 nitrogen and oxygen atoms in total. The normalized spacial score (nSPS) is 7.08. The molecule has 0 saturated carbocycles. The third-order valence-corrected chi connectivity index (χ3v) is 0.800. The Morgan fingerprint density at radius 1 is 1.33 bits per heavy atom. The summed E-state index contributed by atoms with van der Waals surface area (Å²) in [6.45, 7) is 1.08. The van der Waals surface area contributed by atoms with Crippen LogP contribution in [-0.4, -0.2) is 16.6 Å². The number of benzene rings is 1. The minimum atomic E-state index is -0.833. The number of anilines is 1. The van der Waals surface area contributed by atoms with E-state index in [1.54, 1.807) is 0 Å². The SMILES string of the molecule is CC(=O)O.Nc1ccccc1.O. The summed E-state index contributed by atoms with van der Waals surface area (Å²) in [6, 6.07) is 9.49. The minimum Gasteiger partial charge on any atom is -0.481 e. The lowest BCUT2D eigenvalue weighted by Crippen LogP contribution is -1.79. The number of nitrogen functional groups attached to an aromatic ring is 1. The molecule has 12 heavy (non-hydrogen) atoms. The molecule has 0 aliphatic carbocycles. The van der Waals surface area contributed by atoms with Gasteiger partial charge in [0.2, 0.25) is 0 Å². The van der Waals surface area contributed by atoms with Gasteiger partial charge in [-0.2, -0.15) is 0 Å². The summed E-state index contributed by atoms with van der Waals surface area (Å²) in [4.78, 5) is 9.00. The maximum Gasteiger partial charge on any atom is 0.300 e. The summed E-state index contributed by atoms with van der Waals surface area (Å²) in [6.07, 6.45) is 0. The lowest BCUT2D eigenvalue weighted by atomic mass is 10.3. The second kappa shape index (κ2) is 7.56. The second-order valence-corrected chi connectivity index (χ2v) is 1.93. The molecular weight excluding hydrogens is 158 g/mol. The van der Waals surface area contributed by atoms with Crippen molar-refractivity contribution in [2.24, 2.45) is 0 Å². The van der Waals surface area contributed by atoms with Gasteiger partial charge in [0.25, 0.3) is 5.97 Å². The van der Waals surface area contributed by atoms with Crippen molar-refractivity contribution >= 4 is 11.7 Å². The molecule has 0 saturated heterocycles. The number of rotatable bonds is 0. The van der Waals surface area contributed by atoms with Gasteiger partial charge in [0, 0.05) is 12.6 Å². The van der Waals surface area contributed by atoms with E-state index < -0.39 is 5.97 Å². The second-order valence-electron chi connectivity index (χ2n) is 1.93. The Morgan fingerprint density at radius 2 is 1.67 bits per heavy atom. The monoisotopic (exact) mass is 171 g/mol. The molecule has 68 valence electrons. The van der Waals surface area contributed by atoms with Crippen LogP contribution >= 0.6 is 0 Å². The van der Waals surface area contributed by atoms with Crippen LogP contribution in [0.4, 0.5) is 5.69 Å². The first kappa shape index (κ1) is 13.1. The van der Waals surface area contributed by atoms with Crippen LogP contribution in [0.5, 0.6) is 0 Å². The van der Waals surface area contributed by atoms with Crippen molar-refractivity contribution in [3.8, 4) is 0 Å². The number of nitrogens with two attached hydrogens (primary N) is 1. The average Bonchev–Trinajstić information content (AvgIpc) is 1.87. The molecule has 0 aliphatic heterocycles. The van der Waals surface area contributed by atoms with Crippen LogP contribution in [0.3, 0.4) is 0 Å². The van der Waals surface area contributed by atoms with Gasteiger partial charge in [-0.3, -0.25) is 4.79 Å². The summed E-state index contributed by atoms with van der Waals surface area (Å²) in [5.41, 5.74) is 6.18. The molecule has 0 heterocycles. The van der Waals surface area contributed by atoms with Gasteiger partial charge in [-0.25, -0.2) is 0 Å². The Hall–Kier alpha value is -1.55. The highest BCUT2D eigenvalue weighted by Gasteiger charge is 1.72. The summed E-state index contributed by atoms with van der Waals surface area (Å²) in [5.74, 6) is -0.833. The molecule has 0 atom stereocenters. The van der Waals surface area contributed by atoms with E-state index in [9.17, 15) is 0 Å². The predicted molar refractivity (Wildman–Crippen MR) is 47.8 cm³/mol. The fourth-order valence-electron chi connectivity index (χ4n) is 0.453. The smallest absolute Gasteiger partial charge is 0.300 e. The van der Waals surface area contributed by atoms with Gasteiger partial charge in [-0.1, -0.05) is 18.2 Å². The third-order valence-electron chi connectivity index (χ3n) is 0.800. The fourth-order valence-corrected chi connectivity index (χ4v) is 0.453. The quantitative estimate of drug-likeness (QED) is 0.557. The van der Waals surface area contributed by atoms with Crippen molar-refractivity contribution in [3.63, 3.8) is 0 Å². The Kier molecular flexibility index (Phi) is 8.23. The molecule has 0 amide bonds. The van der Waals surface area contributed by atoms with E-state index in [-0.39, 0.29) is 5.48 Å². The molecule has 0 aromatic heterocycles. The molecule has 1 aromatic rings. The number of para-hydroxylation sites is 1. The molecule has 0 aliphatic rings. The molecule has 4 heteroatoms. The van der Waals surface area contributed by atoms with E-state index in [0.29, 0.717) is 0 Å². The topological polar surface area (TPSA) is 94.8 Å². The Morgan fingerprint density at radius 3 is 1.83 bits per heavy atom. The van der Waals surface area contributed by atoms with Crippen LogP contribution in [0.25, 0.3) is 0 Å². The van der Waals surface area contributed by atoms with Crippen molar-refractivity contribution in [2.75, 3.05) is 5.73 Å². The highest BCUT2D eigenvalue weighted by molar-refractivity contribution is 5.62. The molecule has 1 rings (SSSR count). The van der Waals surface area contributed by atoms with E-state index in [1.165, 1.54) is 0 Å². The van der Waals surface area contributed by atoms with Gasteiger partial charge in [0.1, 0.15) is 0 Å². The number of aliphatic carboxylic acids is 1. The maximum absolute atomic E-state index is 9.00. The number of hydrogen-bond acceptors (Lipinski definition) is 2. The number of hydrogen-bond donors (Lipinski definition) is 2. The van der Waals surface area contributed by atoms with Crippen LogP contribution in [-0.2, 0) is 4.79 Å². The Balaban J connectivity index is 0. The molecule has 5 N–H and O–H groups in total. The van der Waals surface area contributed by atoms with Crippen molar-refractivity contribution in [3.05, 3.63) is 30.3 Å². The van der Waals surface area contributed by atoms with Gasteiger partial charge in [0.05, 0.1) is 0 Å². The van der Waals surface area contributed by atoms with E-state index in [4.69, 9.17) is 15.6 Å². The first-order valence-corrected chi connectivity index (χ1v) is 3.13. The highest BCUT2D eigenvalue weighted by atomic mass is 16.4. The first-order valence-electron chi connectivity index (χ1n) is 3.13. The van der Waals surface area contributed by atoms with Gasteiger partial charge in [0.15, 0.2) is 0 Å². The zero-order valence-electron chi connectivity index (χ0n) is 6.82. The molecular formula is C8H13NO3. The molecule has 0 fully saturated rings. The van der Waals surface area contributed by atoms with Crippen LogP contribution in [0.2, 0.25) is 0 Å². The molecule has 0 spiro atoms. The Bertz CT molecular complexity index is 207. The van der Waals surface area contributed by atoms with E-state index in [0.717, 1.165) is 12.6 Å². The highest BCUT2D eigenvalue weighted by Crippen LogP contribution is 1.95. The minimum absolute atomic E-state index is 0. The lowest BCUT2D eigenvalue weighted by molar-refractivity contribution is -0.134. The van der Waals surface area contributed by atoms with Crippen LogP contribution in [0.1, 0.15) is 6.92 Å². The van der Waals surface area contributed by atoms with Gasteiger partial charge >= 0.3 is 0 Å². The van der Waals surface area contributed by atoms with Crippen molar-refractivity contribution in [1.29, 1.82) is 0 Å². The molecule has 0 bridgehead atoms. The molecule has 0 radical (unpaired) electrons. The zero-order chi connectivity index (χ0) is 8.69. The number of carboxylic acid groups (broad SMARTS) is 1. The van der Waals surface area contributed by atoms with Crippen molar-refractivity contribution in [1.82, 2.24) is 0 Å². The van der Waals surface area contributed by atoms with E-state index in [2.05, 4.69) is 0 Å². The maximum atomic E-state index is 9.00. The first-order chi connectivity index (χ1) is 5.13. The van der Waals surface area contributed by atoms with Gasteiger partial charge in [-0.05, 0) is 12.1 Å². The number of carbonyl (C=O) groups is 1. The van der Waals surface area contributed by atoms with Crippen LogP contribution in [0.15, 0.2) is 30.3 Å². The third kappa shape index (κ3) is 11.3. The Labute approximate surface area is 70.9 Å². The van der Waals surface area contributed by atoms with Crippen molar-refractivity contribution in [2.45, 2.75) is 6.92 Å². The van der Waals surface area contributed by atoms with Crippen molar-refractivity contribution < 1.29 is 15.4 Å². The predicted octanol–water partition coefficient (Wildman–Crippen LogP) is 0.535. The van der Waals surface area contributed by atoms with E-state index in [1.807, 2.05) is 30.3 Å². The number of carboxylic acids is 1. The summed E-state index contributed by atoms with van der Waals surface area (Å²) in [5, 5.41) is 7.42. The van der Waals surface area contributed by atoms with Crippen LogP contribution in [0, 0.1) is 0 Å². The summed E-state index contributed by atoms with van der Waals surface area (Å²) in [7, 11) is 0. The largest absolute Gasteiger partial charge is 0.481 e. The van der Waals surface area contributed by atoms with Crippen LogP contribution < -0.4 is 5.73 Å². The zero-order valence-corrected chi connectivity index (χ0v) is 6.82. The lowest BCUT2D eigenvalue weighted by Gasteiger charge is -1.83.